The van der Waals surface area contributed by atoms with Gasteiger partial charge < -0.3 is 20.5 Å². The minimum Gasteiger partial charge on any atom is -0.444 e. The van der Waals surface area contributed by atoms with Gasteiger partial charge in [0.1, 0.15) is 5.60 Å². The summed E-state index contributed by atoms with van der Waals surface area (Å²) in [5, 5.41) is 15.7. The second-order valence-corrected chi connectivity index (χ2v) is 6.04. The van der Waals surface area contributed by atoms with Crippen LogP contribution in [0.1, 0.15) is 46.5 Å². The van der Waals surface area contributed by atoms with Crippen molar-refractivity contribution in [1.82, 2.24) is 10.6 Å². The number of carbonyl (C=O) groups excluding carboxylic acids is 1. The summed E-state index contributed by atoms with van der Waals surface area (Å²) in [5.74, 6) is 0. The summed E-state index contributed by atoms with van der Waals surface area (Å²) in [5.41, 5.74) is -0.922. The Morgan fingerprint density at radius 3 is 2.50 bits per heavy atom. The highest BCUT2D eigenvalue weighted by molar-refractivity contribution is 5.67. The van der Waals surface area contributed by atoms with Crippen LogP contribution >= 0.6 is 0 Å². The van der Waals surface area contributed by atoms with E-state index < -0.39 is 11.2 Å². The van der Waals surface area contributed by atoms with Gasteiger partial charge in [0.15, 0.2) is 0 Å². The van der Waals surface area contributed by atoms with Gasteiger partial charge in [-0.1, -0.05) is 0 Å². The number of alkyl carbamates (subject to hydrolysis) is 1. The van der Waals surface area contributed by atoms with E-state index in [9.17, 15) is 9.90 Å². The van der Waals surface area contributed by atoms with E-state index in [0.29, 0.717) is 13.1 Å². The molecule has 0 saturated heterocycles. The molecule has 1 aliphatic carbocycles. The van der Waals surface area contributed by atoms with Crippen LogP contribution in [0, 0.1) is 0 Å². The topological polar surface area (TPSA) is 70.6 Å². The van der Waals surface area contributed by atoms with Gasteiger partial charge in [-0.25, -0.2) is 4.79 Å². The third-order valence-electron chi connectivity index (χ3n) is 2.94. The number of amides is 1. The molecule has 0 aromatic rings. The van der Waals surface area contributed by atoms with Crippen molar-refractivity contribution < 1.29 is 14.6 Å². The van der Waals surface area contributed by atoms with Crippen molar-refractivity contribution in [2.75, 3.05) is 19.6 Å². The van der Waals surface area contributed by atoms with Gasteiger partial charge in [0.25, 0.3) is 0 Å². The van der Waals surface area contributed by atoms with Gasteiger partial charge in [-0.05, 0) is 53.0 Å². The van der Waals surface area contributed by atoms with Crippen molar-refractivity contribution in [1.29, 1.82) is 0 Å². The molecule has 1 fully saturated rings. The highest BCUT2D eigenvalue weighted by atomic mass is 16.6. The van der Waals surface area contributed by atoms with Crippen molar-refractivity contribution in [3.05, 3.63) is 0 Å². The molecule has 0 bridgehead atoms. The van der Waals surface area contributed by atoms with E-state index in [0.717, 1.165) is 32.2 Å². The van der Waals surface area contributed by atoms with Crippen LogP contribution in [-0.4, -0.2) is 42.0 Å². The van der Waals surface area contributed by atoms with Crippen molar-refractivity contribution in [2.24, 2.45) is 0 Å². The molecule has 0 aliphatic heterocycles. The SMILES string of the molecule is CC(C)(C)OC(=O)NCCCNCC1(O)CCC1. The van der Waals surface area contributed by atoms with E-state index in [-0.39, 0.29) is 6.09 Å². The number of hydrogen-bond acceptors (Lipinski definition) is 4. The lowest BCUT2D eigenvalue weighted by molar-refractivity contribution is -0.0311. The van der Waals surface area contributed by atoms with Crippen molar-refractivity contribution in [3.63, 3.8) is 0 Å². The number of nitrogens with one attached hydrogen (secondary N) is 2. The number of carbonyl (C=O) groups is 1. The molecule has 5 nitrogen and oxygen atoms in total. The molecular formula is C13H26N2O3. The molecule has 0 aromatic carbocycles. The fourth-order valence-corrected chi connectivity index (χ4v) is 1.80. The first kappa shape index (κ1) is 15.2. The Morgan fingerprint density at radius 2 is 2.00 bits per heavy atom. The maximum Gasteiger partial charge on any atom is 0.407 e. The Balaban J connectivity index is 1.93. The molecule has 0 spiro atoms. The van der Waals surface area contributed by atoms with Gasteiger partial charge >= 0.3 is 6.09 Å². The number of hydrogen-bond donors (Lipinski definition) is 3. The fourth-order valence-electron chi connectivity index (χ4n) is 1.80. The Labute approximate surface area is 109 Å². The van der Waals surface area contributed by atoms with Gasteiger partial charge in [0, 0.05) is 13.1 Å². The molecule has 0 aromatic heterocycles. The highest BCUT2D eigenvalue weighted by Gasteiger charge is 2.33. The minimum absolute atomic E-state index is 0.375. The summed E-state index contributed by atoms with van der Waals surface area (Å²) in [7, 11) is 0. The van der Waals surface area contributed by atoms with E-state index in [1.807, 2.05) is 20.8 Å². The molecule has 1 rings (SSSR count). The van der Waals surface area contributed by atoms with E-state index in [2.05, 4.69) is 10.6 Å². The molecule has 0 atom stereocenters. The Morgan fingerprint density at radius 1 is 1.33 bits per heavy atom. The number of ether oxygens (including phenoxy) is 1. The Hall–Kier alpha value is -0.810. The Bertz CT molecular complexity index is 270. The second kappa shape index (κ2) is 6.38. The first-order valence-corrected chi connectivity index (χ1v) is 6.71. The fraction of sp³-hybridized carbons (Fsp3) is 0.923. The molecule has 0 radical (unpaired) electrons. The van der Waals surface area contributed by atoms with Crippen LogP contribution in [0.25, 0.3) is 0 Å². The van der Waals surface area contributed by atoms with Crippen molar-refractivity contribution in [3.8, 4) is 0 Å². The van der Waals surface area contributed by atoms with E-state index in [1.165, 1.54) is 0 Å². The monoisotopic (exact) mass is 258 g/mol. The summed E-state index contributed by atoms with van der Waals surface area (Å²) < 4.78 is 5.11. The van der Waals surface area contributed by atoms with Gasteiger partial charge in [-0.3, -0.25) is 0 Å². The third-order valence-corrected chi connectivity index (χ3v) is 2.94. The molecule has 1 aliphatic rings. The smallest absolute Gasteiger partial charge is 0.407 e. The average molecular weight is 258 g/mol. The van der Waals surface area contributed by atoms with Crippen LogP contribution in [-0.2, 0) is 4.74 Å². The van der Waals surface area contributed by atoms with Crippen LogP contribution in [0.3, 0.4) is 0 Å². The van der Waals surface area contributed by atoms with Crippen LogP contribution in [0.2, 0.25) is 0 Å². The average Bonchev–Trinajstić information content (AvgIpc) is 2.18. The molecular weight excluding hydrogens is 232 g/mol. The van der Waals surface area contributed by atoms with Crippen LogP contribution < -0.4 is 10.6 Å². The number of rotatable bonds is 6. The van der Waals surface area contributed by atoms with Crippen LogP contribution in [0.5, 0.6) is 0 Å². The molecule has 0 unspecified atom stereocenters. The zero-order valence-electron chi connectivity index (χ0n) is 11.7. The lowest BCUT2D eigenvalue weighted by Gasteiger charge is -2.36. The maximum atomic E-state index is 11.3. The van der Waals surface area contributed by atoms with Gasteiger partial charge in [0.05, 0.1) is 5.60 Å². The van der Waals surface area contributed by atoms with Crippen molar-refractivity contribution in [2.45, 2.75) is 57.7 Å². The molecule has 1 amide bonds. The van der Waals surface area contributed by atoms with E-state index in [4.69, 9.17) is 4.74 Å². The number of aliphatic hydroxyl groups is 1. The molecule has 106 valence electrons. The Kier molecular flexibility index (Phi) is 5.41. The zero-order chi connectivity index (χ0) is 13.6. The van der Waals surface area contributed by atoms with Crippen LogP contribution in [0.15, 0.2) is 0 Å². The van der Waals surface area contributed by atoms with Gasteiger partial charge in [0.2, 0.25) is 0 Å². The summed E-state index contributed by atoms with van der Waals surface area (Å²) in [6, 6.07) is 0. The quantitative estimate of drug-likeness (QED) is 0.630. The molecule has 5 heteroatoms. The zero-order valence-corrected chi connectivity index (χ0v) is 11.7. The molecule has 18 heavy (non-hydrogen) atoms. The van der Waals surface area contributed by atoms with Gasteiger partial charge in [-0.15, -0.1) is 0 Å². The standard InChI is InChI=1S/C13H26N2O3/c1-12(2,3)18-11(16)15-9-5-8-14-10-13(17)6-4-7-13/h14,17H,4-10H2,1-3H3,(H,15,16). The summed E-state index contributed by atoms with van der Waals surface area (Å²) in [6.45, 7) is 7.55. The molecule has 0 heterocycles. The lowest BCUT2D eigenvalue weighted by Crippen LogP contribution is -2.46. The second-order valence-electron chi connectivity index (χ2n) is 6.04. The third kappa shape index (κ3) is 6.21. The van der Waals surface area contributed by atoms with Gasteiger partial charge in [-0.2, -0.15) is 0 Å². The lowest BCUT2D eigenvalue weighted by atomic mass is 9.80. The summed E-state index contributed by atoms with van der Waals surface area (Å²) in [6.07, 6.45) is 3.38. The minimum atomic E-state index is -0.474. The normalized spacial score (nSPS) is 18.0. The van der Waals surface area contributed by atoms with Crippen molar-refractivity contribution >= 4 is 6.09 Å². The first-order valence-electron chi connectivity index (χ1n) is 6.71. The van der Waals surface area contributed by atoms with E-state index in [1.54, 1.807) is 0 Å². The largest absolute Gasteiger partial charge is 0.444 e. The highest BCUT2D eigenvalue weighted by Crippen LogP contribution is 2.30. The van der Waals surface area contributed by atoms with Crippen LogP contribution in [0.4, 0.5) is 4.79 Å². The predicted molar refractivity (Wildman–Crippen MR) is 70.5 cm³/mol. The maximum absolute atomic E-state index is 11.3. The first-order chi connectivity index (χ1) is 8.31. The summed E-state index contributed by atoms with van der Waals surface area (Å²) in [4.78, 5) is 11.3. The predicted octanol–water partition coefficient (Wildman–Crippen LogP) is 1.41. The summed E-state index contributed by atoms with van der Waals surface area (Å²) >= 11 is 0. The molecule has 1 saturated carbocycles. The molecule has 3 N–H and O–H groups in total. The van der Waals surface area contributed by atoms with E-state index >= 15 is 0 Å².